The molecule has 168 valence electrons. The standard InChI is InChI=1S/C27H32N2O3/c1-3-18-32-23-12-10-22(11-13-23)24-25(27(31)29(4-2)26(24)30)28-16-14-21(15-17-28)19-20-8-6-5-7-9-20/h5-13,21H,3-4,14-19H2,1-2H3. The predicted octanol–water partition coefficient (Wildman–Crippen LogP) is 4.53. The molecular weight excluding hydrogens is 400 g/mol. The molecule has 2 aromatic carbocycles. The number of imide groups is 1. The van der Waals surface area contributed by atoms with E-state index in [1.54, 1.807) is 0 Å². The van der Waals surface area contributed by atoms with Crippen LogP contribution in [0, 0.1) is 5.92 Å². The maximum absolute atomic E-state index is 13.2. The zero-order valence-electron chi connectivity index (χ0n) is 19.0. The lowest BCUT2D eigenvalue weighted by atomic mass is 9.89. The van der Waals surface area contributed by atoms with Crippen molar-refractivity contribution < 1.29 is 14.3 Å². The Morgan fingerprint density at radius 3 is 2.22 bits per heavy atom. The summed E-state index contributed by atoms with van der Waals surface area (Å²) < 4.78 is 5.68. The Hall–Kier alpha value is -3.08. The summed E-state index contributed by atoms with van der Waals surface area (Å²) in [7, 11) is 0. The summed E-state index contributed by atoms with van der Waals surface area (Å²) in [6, 6.07) is 18.1. The first-order valence-corrected chi connectivity index (χ1v) is 11.7. The average molecular weight is 433 g/mol. The SMILES string of the molecule is CCCOc1ccc(C2=C(N3CCC(Cc4ccccc4)CC3)C(=O)N(CC)C2=O)cc1. The fraction of sp³-hybridized carbons (Fsp3) is 0.407. The Morgan fingerprint density at radius 1 is 0.906 bits per heavy atom. The summed E-state index contributed by atoms with van der Waals surface area (Å²) >= 11 is 0. The van der Waals surface area contributed by atoms with E-state index in [1.165, 1.54) is 10.5 Å². The number of amides is 2. The molecule has 0 spiro atoms. The van der Waals surface area contributed by atoms with Crippen molar-refractivity contribution in [2.45, 2.75) is 39.5 Å². The highest BCUT2D eigenvalue weighted by Crippen LogP contribution is 2.35. The maximum atomic E-state index is 13.2. The summed E-state index contributed by atoms with van der Waals surface area (Å²) in [6.45, 7) is 6.55. The summed E-state index contributed by atoms with van der Waals surface area (Å²) in [5.74, 6) is 1.02. The molecule has 0 unspecified atom stereocenters. The van der Waals surface area contributed by atoms with Crippen LogP contribution in [-0.4, -0.2) is 47.9 Å². The molecule has 5 heteroatoms. The highest BCUT2D eigenvalue weighted by atomic mass is 16.5. The minimum Gasteiger partial charge on any atom is -0.494 e. The molecule has 0 radical (unpaired) electrons. The van der Waals surface area contributed by atoms with Gasteiger partial charge in [-0.3, -0.25) is 14.5 Å². The highest BCUT2D eigenvalue weighted by molar-refractivity contribution is 6.35. The molecule has 0 N–H and O–H groups in total. The maximum Gasteiger partial charge on any atom is 0.277 e. The third-order valence-electron chi connectivity index (χ3n) is 6.37. The van der Waals surface area contributed by atoms with Gasteiger partial charge in [-0.15, -0.1) is 0 Å². The topological polar surface area (TPSA) is 49.9 Å². The molecule has 2 aliphatic rings. The van der Waals surface area contributed by atoms with Crippen molar-refractivity contribution in [3.63, 3.8) is 0 Å². The minimum absolute atomic E-state index is 0.166. The molecule has 2 aliphatic heterocycles. The van der Waals surface area contributed by atoms with Crippen LogP contribution in [0.5, 0.6) is 5.75 Å². The average Bonchev–Trinajstić information content (AvgIpc) is 3.08. The van der Waals surface area contributed by atoms with Crippen molar-refractivity contribution in [2.75, 3.05) is 26.2 Å². The van der Waals surface area contributed by atoms with Crippen molar-refractivity contribution in [3.05, 3.63) is 71.4 Å². The van der Waals surface area contributed by atoms with Gasteiger partial charge in [0.25, 0.3) is 11.8 Å². The number of ether oxygens (including phenoxy) is 1. The van der Waals surface area contributed by atoms with Crippen LogP contribution in [0.15, 0.2) is 60.3 Å². The number of hydrogen-bond donors (Lipinski definition) is 0. The van der Waals surface area contributed by atoms with Gasteiger partial charge in [0.2, 0.25) is 0 Å². The Bertz CT molecular complexity index is 974. The van der Waals surface area contributed by atoms with Gasteiger partial charge in [-0.25, -0.2) is 0 Å². The fourth-order valence-electron chi connectivity index (χ4n) is 4.65. The molecule has 2 amide bonds. The number of benzene rings is 2. The smallest absolute Gasteiger partial charge is 0.277 e. The molecular formula is C27H32N2O3. The molecule has 2 heterocycles. The first-order chi connectivity index (χ1) is 15.6. The minimum atomic E-state index is -0.193. The van der Waals surface area contributed by atoms with Crippen LogP contribution >= 0.6 is 0 Å². The molecule has 0 aromatic heterocycles. The van der Waals surface area contributed by atoms with E-state index in [1.807, 2.05) is 37.3 Å². The van der Waals surface area contributed by atoms with Crippen molar-refractivity contribution >= 4 is 17.4 Å². The Labute approximate surface area is 190 Å². The number of nitrogens with zero attached hydrogens (tertiary/aromatic N) is 2. The van der Waals surface area contributed by atoms with E-state index >= 15 is 0 Å². The van der Waals surface area contributed by atoms with Crippen LogP contribution in [-0.2, 0) is 16.0 Å². The second kappa shape index (κ2) is 10.0. The van der Waals surface area contributed by atoms with Crippen LogP contribution < -0.4 is 4.74 Å². The summed E-state index contributed by atoms with van der Waals surface area (Å²) in [6.07, 6.45) is 4.04. The van der Waals surface area contributed by atoms with Gasteiger partial charge in [0.1, 0.15) is 11.4 Å². The lowest BCUT2D eigenvalue weighted by molar-refractivity contribution is -0.137. The van der Waals surface area contributed by atoms with Gasteiger partial charge < -0.3 is 9.64 Å². The molecule has 1 saturated heterocycles. The van der Waals surface area contributed by atoms with Crippen LogP contribution in [0.4, 0.5) is 0 Å². The van der Waals surface area contributed by atoms with Crippen LogP contribution in [0.25, 0.3) is 5.57 Å². The lowest BCUT2D eigenvalue weighted by Gasteiger charge is -2.34. The summed E-state index contributed by atoms with van der Waals surface area (Å²) in [4.78, 5) is 29.8. The molecule has 0 bridgehead atoms. The van der Waals surface area contributed by atoms with Gasteiger partial charge in [-0.1, -0.05) is 49.4 Å². The zero-order valence-corrected chi connectivity index (χ0v) is 19.0. The third-order valence-corrected chi connectivity index (χ3v) is 6.37. The molecule has 4 rings (SSSR count). The Kier molecular flexibility index (Phi) is 6.93. The van der Waals surface area contributed by atoms with Crippen molar-refractivity contribution in [3.8, 4) is 5.75 Å². The Morgan fingerprint density at radius 2 is 1.59 bits per heavy atom. The normalized spacial score (nSPS) is 17.4. The van der Waals surface area contributed by atoms with E-state index in [4.69, 9.17) is 4.74 Å². The number of likely N-dealkylation sites (tertiary alicyclic amines) is 1. The number of hydrogen-bond acceptors (Lipinski definition) is 4. The van der Waals surface area contributed by atoms with Gasteiger partial charge >= 0.3 is 0 Å². The Balaban J connectivity index is 1.54. The number of rotatable bonds is 8. The number of carbonyl (C=O) groups excluding carboxylic acids is 2. The molecule has 0 aliphatic carbocycles. The number of carbonyl (C=O) groups is 2. The number of likely N-dealkylation sites (N-methyl/N-ethyl adjacent to an activating group) is 1. The lowest BCUT2D eigenvalue weighted by Crippen LogP contribution is -2.39. The van der Waals surface area contributed by atoms with Crippen LogP contribution in [0.3, 0.4) is 0 Å². The molecule has 2 aromatic rings. The second-order valence-corrected chi connectivity index (χ2v) is 8.57. The quantitative estimate of drug-likeness (QED) is 0.575. The second-order valence-electron chi connectivity index (χ2n) is 8.57. The van der Waals surface area contributed by atoms with Gasteiger partial charge in [-0.05, 0) is 61.8 Å². The molecule has 0 atom stereocenters. The molecule has 5 nitrogen and oxygen atoms in total. The first-order valence-electron chi connectivity index (χ1n) is 11.7. The van der Waals surface area contributed by atoms with Gasteiger partial charge in [0, 0.05) is 19.6 Å². The monoisotopic (exact) mass is 432 g/mol. The van der Waals surface area contributed by atoms with Crippen LogP contribution in [0.1, 0.15) is 44.2 Å². The summed E-state index contributed by atoms with van der Waals surface area (Å²) in [5.41, 5.74) is 3.24. The van der Waals surface area contributed by atoms with Crippen molar-refractivity contribution in [1.29, 1.82) is 0 Å². The van der Waals surface area contributed by atoms with E-state index in [9.17, 15) is 9.59 Å². The highest BCUT2D eigenvalue weighted by Gasteiger charge is 2.41. The van der Waals surface area contributed by atoms with Crippen LogP contribution in [0.2, 0.25) is 0 Å². The third kappa shape index (κ3) is 4.57. The zero-order chi connectivity index (χ0) is 22.5. The van der Waals surface area contributed by atoms with E-state index < -0.39 is 0 Å². The molecule has 0 saturated carbocycles. The van der Waals surface area contributed by atoms with Gasteiger partial charge in [-0.2, -0.15) is 0 Å². The first kappa shape index (κ1) is 22.1. The largest absolute Gasteiger partial charge is 0.494 e. The summed E-state index contributed by atoms with van der Waals surface area (Å²) in [5, 5.41) is 0. The van der Waals surface area contributed by atoms with Crippen molar-refractivity contribution in [1.82, 2.24) is 9.80 Å². The fourth-order valence-corrected chi connectivity index (χ4v) is 4.65. The molecule has 32 heavy (non-hydrogen) atoms. The van der Waals surface area contributed by atoms with E-state index in [2.05, 4.69) is 36.1 Å². The van der Waals surface area contributed by atoms with Gasteiger partial charge in [0.15, 0.2) is 0 Å². The van der Waals surface area contributed by atoms with Crippen molar-refractivity contribution in [2.24, 2.45) is 5.92 Å². The van der Waals surface area contributed by atoms with Gasteiger partial charge in [0.05, 0.1) is 12.2 Å². The van der Waals surface area contributed by atoms with E-state index in [0.29, 0.717) is 30.3 Å². The van der Waals surface area contributed by atoms with E-state index in [-0.39, 0.29) is 11.8 Å². The van der Waals surface area contributed by atoms with E-state index in [0.717, 1.165) is 50.1 Å². The predicted molar refractivity (Wildman–Crippen MR) is 126 cm³/mol. The molecule has 1 fully saturated rings. The number of piperidine rings is 1.